The van der Waals surface area contributed by atoms with Crippen molar-refractivity contribution in [2.45, 2.75) is 5.41 Å². The van der Waals surface area contributed by atoms with Gasteiger partial charge >= 0.3 is 0 Å². The van der Waals surface area contributed by atoms with Crippen molar-refractivity contribution >= 4 is 56.7 Å². The highest BCUT2D eigenvalue weighted by Gasteiger charge is 2.57. The van der Waals surface area contributed by atoms with Crippen LogP contribution in [-0.4, -0.2) is 8.07 Å². The van der Waals surface area contributed by atoms with Gasteiger partial charge in [-0.1, -0.05) is 237 Å². The number of para-hydroxylation sites is 2. The molecule has 0 aromatic heterocycles. The van der Waals surface area contributed by atoms with Crippen LogP contribution in [-0.2, 0) is 5.41 Å². The van der Waals surface area contributed by atoms with Gasteiger partial charge in [-0.15, -0.1) is 0 Å². The Balaban J connectivity index is 1.06. The maximum absolute atomic E-state index is 7.24. The predicted octanol–water partition coefficient (Wildman–Crippen LogP) is 13.8. The molecule has 2 aliphatic heterocycles. The number of hydrogen-bond acceptors (Lipinski definition) is 2. The van der Waals surface area contributed by atoms with E-state index in [-0.39, 0.29) is 0 Å². The Hall–Kier alpha value is -8.50. The molecule has 0 amide bonds. The summed E-state index contributed by atoms with van der Waals surface area (Å²) in [5.74, 6) is 1.71. The van der Waals surface area contributed by atoms with Crippen LogP contribution < -0.4 is 30.4 Å². The molecular formula is C65H45NOSi. The monoisotopic (exact) mass is 883 g/mol. The Morgan fingerprint density at radius 1 is 0.338 bits per heavy atom. The number of benzene rings is 11. The molecule has 320 valence electrons. The van der Waals surface area contributed by atoms with E-state index in [2.05, 4.69) is 278 Å². The Morgan fingerprint density at radius 3 is 1.54 bits per heavy atom. The van der Waals surface area contributed by atoms with Crippen LogP contribution in [0.2, 0.25) is 0 Å². The van der Waals surface area contributed by atoms with Gasteiger partial charge in [-0.2, -0.15) is 0 Å². The Morgan fingerprint density at radius 2 is 0.838 bits per heavy atom. The van der Waals surface area contributed by atoms with Crippen molar-refractivity contribution in [2.75, 3.05) is 4.90 Å². The van der Waals surface area contributed by atoms with Gasteiger partial charge in [0.1, 0.15) is 11.5 Å². The van der Waals surface area contributed by atoms with Crippen molar-refractivity contribution in [3.8, 4) is 33.8 Å². The fourth-order valence-corrected chi connectivity index (χ4v) is 17.0. The molecule has 0 saturated heterocycles. The largest absolute Gasteiger partial charge is 0.457 e. The molecule has 13 rings (SSSR count). The van der Waals surface area contributed by atoms with E-state index in [4.69, 9.17) is 4.74 Å². The van der Waals surface area contributed by atoms with Gasteiger partial charge in [0.2, 0.25) is 0 Å². The van der Waals surface area contributed by atoms with E-state index >= 15 is 0 Å². The SMILES string of the molecule is c1ccc(-c2ccccc2N(c2ccc(-c3cccc4ccccc34)cc2)c2ccc3c(c2)Oc2ccccc2C32c3ccccc3[Si](c3ccccc3)(c3ccccc3)c3ccccc32)cc1. The Labute approximate surface area is 398 Å². The third-order valence-corrected chi connectivity index (χ3v) is 19.4. The smallest absolute Gasteiger partial charge is 0.180 e. The number of fused-ring (bicyclic) bond motifs is 9. The zero-order valence-corrected chi connectivity index (χ0v) is 38.3. The molecule has 68 heavy (non-hydrogen) atoms. The minimum absolute atomic E-state index is 0.678. The van der Waals surface area contributed by atoms with E-state index in [1.54, 1.807) is 0 Å². The second kappa shape index (κ2) is 16.1. The standard InChI is InChI=1S/C65H45NOSi/c1-4-21-47(22-5-1)55-30-12-16-35-60(55)66(49-41-39-48(40-42-49)54-31-20-24-46-23-10-11-29-53(46)54)50-43-44-57-62(45-50)67-61-36-17-13-32-56(61)65(57)58-33-14-18-37-63(58)68(51-25-6-2-7-26-51,52-27-8-3-9-28-52)64-38-19-15-34-59(64)65/h1-45H. The zero-order valence-electron chi connectivity index (χ0n) is 37.3. The summed E-state index contributed by atoms with van der Waals surface area (Å²) >= 11 is 0. The lowest BCUT2D eigenvalue weighted by molar-refractivity contribution is 0.435. The van der Waals surface area contributed by atoms with Crippen molar-refractivity contribution in [1.29, 1.82) is 0 Å². The molecule has 2 aliphatic rings. The minimum Gasteiger partial charge on any atom is -0.457 e. The highest BCUT2D eigenvalue weighted by atomic mass is 28.3. The maximum Gasteiger partial charge on any atom is 0.180 e. The van der Waals surface area contributed by atoms with E-state index in [1.807, 2.05) is 0 Å². The van der Waals surface area contributed by atoms with Crippen LogP contribution in [0.4, 0.5) is 17.1 Å². The number of hydrogen-bond donors (Lipinski definition) is 0. The van der Waals surface area contributed by atoms with E-state index in [0.717, 1.165) is 50.8 Å². The lowest BCUT2D eigenvalue weighted by Gasteiger charge is -2.51. The average molecular weight is 884 g/mol. The van der Waals surface area contributed by atoms with Crippen molar-refractivity contribution in [2.24, 2.45) is 0 Å². The Bertz CT molecular complexity index is 3570. The highest BCUT2D eigenvalue weighted by Crippen LogP contribution is 2.57. The molecule has 11 aromatic carbocycles. The summed E-state index contributed by atoms with van der Waals surface area (Å²) < 4.78 is 7.24. The van der Waals surface area contributed by atoms with Crippen molar-refractivity contribution < 1.29 is 4.74 Å². The van der Waals surface area contributed by atoms with Gasteiger partial charge in [-0.3, -0.25) is 0 Å². The quantitative estimate of drug-likeness (QED) is 0.148. The number of ether oxygens (including phenoxy) is 1. The molecule has 0 radical (unpaired) electrons. The van der Waals surface area contributed by atoms with Crippen LogP contribution in [0.25, 0.3) is 33.0 Å². The second-order valence-electron chi connectivity index (χ2n) is 17.9. The van der Waals surface area contributed by atoms with Crippen molar-refractivity contribution in [1.82, 2.24) is 0 Å². The third-order valence-electron chi connectivity index (χ3n) is 14.5. The number of rotatable bonds is 7. The van der Waals surface area contributed by atoms with Gasteiger partial charge in [0.25, 0.3) is 0 Å². The van der Waals surface area contributed by atoms with Gasteiger partial charge in [-0.25, -0.2) is 0 Å². The zero-order chi connectivity index (χ0) is 45.1. The molecule has 0 atom stereocenters. The Kier molecular flexibility index (Phi) is 9.45. The van der Waals surface area contributed by atoms with Gasteiger partial charge in [0.05, 0.1) is 11.1 Å². The summed E-state index contributed by atoms with van der Waals surface area (Å²) in [6, 6.07) is 101. The van der Waals surface area contributed by atoms with Gasteiger partial charge in [-0.05, 0) is 89.7 Å². The van der Waals surface area contributed by atoms with Crippen molar-refractivity contribution in [3.05, 3.63) is 295 Å². The molecule has 0 bridgehead atoms. The maximum atomic E-state index is 7.24. The first-order chi connectivity index (χ1) is 33.7. The molecule has 0 N–H and O–H groups in total. The summed E-state index contributed by atoms with van der Waals surface area (Å²) in [7, 11) is -2.88. The lowest BCUT2D eigenvalue weighted by Crippen LogP contribution is -2.79. The average Bonchev–Trinajstić information content (AvgIpc) is 3.42. The molecule has 0 fully saturated rings. The molecule has 0 saturated carbocycles. The lowest BCUT2D eigenvalue weighted by atomic mass is 9.63. The summed E-state index contributed by atoms with van der Waals surface area (Å²) in [5.41, 5.74) is 12.0. The van der Waals surface area contributed by atoms with E-state index in [9.17, 15) is 0 Å². The van der Waals surface area contributed by atoms with Crippen LogP contribution in [0, 0.1) is 0 Å². The highest BCUT2D eigenvalue weighted by molar-refractivity contribution is 7.20. The molecule has 2 nitrogen and oxygen atoms in total. The molecule has 2 heterocycles. The minimum atomic E-state index is -2.88. The molecule has 1 spiro atoms. The van der Waals surface area contributed by atoms with Gasteiger partial charge in [0.15, 0.2) is 8.07 Å². The van der Waals surface area contributed by atoms with E-state index < -0.39 is 13.5 Å². The van der Waals surface area contributed by atoms with Crippen molar-refractivity contribution in [3.63, 3.8) is 0 Å². The van der Waals surface area contributed by atoms with Gasteiger partial charge < -0.3 is 9.64 Å². The van der Waals surface area contributed by atoms with Crippen LogP contribution in [0.1, 0.15) is 22.3 Å². The van der Waals surface area contributed by atoms with Crippen LogP contribution in [0.5, 0.6) is 11.5 Å². The first-order valence-electron chi connectivity index (χ1n) is 23.5. The second-order valence-corrected chi connectivity index (χ2v) is 21.6. The molecular weight excluding hydrogens is 839 g/mol. The normalized spacial score (nSPS) is 13.6. The van der Waals surface area contributed by atoms with Crippen LogP contribution in [0.15, 0.2) is 273 Å². The van der Waals surface area contributed by atoms with E-state index in [1.165, 1.54) is 53.8 Å². The first-order valence-corrected chi connectivity index (χ1v) is 25.5. The summed E-state index contributed by atoms with van der Waals surface area (Å²) in [6.45, 7) is 0. The first kappa shape index (κ1) is 39.8. The summed E-state index contributed by atoms with van der Waals surface area (Å²) in [6.07, 6.45) is 0. The predicted molar refractivity (Wildman–Crippen MR) is 285 cm³/mol. The summed E-state index contributed by atoms with van der Waals surface area (Å²) in [5, 5.41) is 8.01. The van der Waals surface area contributed by atoms with Crippen LogP contribution in [0.3, 0.4) is 0 Å². The molecule has 0 unspecified atom stereocenters. The third kappa shape index (κ3) is 5.96. The fourth-order valence-electron chi connectivity index (χ4n) is 11.7. The topological polar surface area (TPSA) is 12.5 Å². The molecule has 3 heteroatoms. The molecule has 0 aliphatic carbocycles. The van der Waals surface area contributed by atoms with E-state index in [0.29, 0.717) is 0 Å². The van der Waals surface area contributed by atoms with Crippen LogP contribution >= 0.6 is 0 Å². The fraction of sp³-hybridized carbons (Fsp3) is 0.0154. The van der Waals surface area contributed by atoms with Gasteiger partial charge in [0, 0.05) is 34.1 Å². The summed E-state index contributed by atoms with van der Waals surface area (Å²) in [4.78, 5) is 2.40. The number of anilines is 3. The molecule has 11 aromatic rings. The number of nitrogens with zero attached hydrogens (tertiary/aromatic N) is 1.